The first-order chi connectivity index (χ1) is 19.2. The van der Waals surface area contributed by atoms with Gasteiger partial charge in [0, 0.05) is 27.9 Å². The second kappa shape index (κ2) is 11.4. The minimum Gasteiger partial charge on any atom is -0.487 e. The maximum absolute atomic E-state index is 14.1. The lowest BCUT2D eigenvalue weighted by Gasteiger charge is -2.18. The molecule has 1 saturated heterocycles. The Kier molecular flexibility index (Phi) is 7.98. The summed E-state index contributed by atoms with van der Waals surface area (Å²) in [6, 6.07) is 16.1. The third-order valence-corrected chi connectivity index (χ3v) is 8.26. The van der Waals surface area contributed by atoms with Gasteiger partial charge in [-0.15, -0.1) is 0 Å². The first kappa shape index (κ1) is 27.9. The lowest BCUT2D eigenvalue weighted by molar-refractivity contribution is 0.192. The van der Waals surface area contributed by atoms with Crippen LogP contribution in [-0.2, 0) is 13.5 Å². The van der Waals surface area contributed by atoms with Gasteiger partial charge in [-0.1, -0.05) is 35.9 Å². The summed E-state index contributed by atoms with van der Waals surface area (Å²) in [4.78, 5) is 25.5. The number of benzene rings is 3. The monoisotopic (exact) mass is 582 g/mol. The number of halogens is 3. The van der Waals surface area contributed by atoms with Crippen molar-refractivity contribution >= 4 is 45.1 Å². The van der Waals surface area contributed by atoms with E-state index in [9.17, 15) is 23.5 Å². The number of aliphatic hydroxyl groups excluding tert-OH is 1. The van der Waals surface area contributed by atoms with Gasteiger partial charge in [0.15, 0.2) is 23.6 Å². The van der Waals surface area contributed by atoms with E-state index in [1.807, 2.05) is 19.1 Å². The second-order valence-electron chi connectivity index (χ2n) is 9.40. The SMILES string of the molecule is C/C(=C1\SC(=O)NC1O)c1ccc(CCCOc2c(-c3ccc(F)c(F)c3)n(C)c3ccccc3c2=O)c(Cl)c1. The van der Waals surface area contributed by atoms with E-state index < -0.39 is 17.9 Å². The Balaban J connectivity index is 1.37. The highest BCUT2D eigenvalue weighted by Crippen LogP contribution is 2.35. The third kappa shape index (κ3) is 5.37. The van der Waals surface area contributed by atoms with Crippen molar-refractivity contribution in [2.24, 2.45) is 7.05 Å². The van der Waals surface area contributed by atoms with E-state index in [1.54, 1.807) is 41.9 Å². The number of ether oxygens (including phenoxy) is 1. The molecule has 10 heteroatoms. The zero-order valence-electron chi connectivity index (χ0n) is 21.6. The zero-order chi connectivity index (χ0) is 28.6. The number of para-hydroxylation sites is 1. The van der Waals surface area contributed by atoms with Crippen molar-refractivity contribution in [1.29, 1.82) is 0 Å². The summed E-state index contributed by atoms with van der Waals surface area (Å²) >= 11 is 7.51. The Morgan fingerprint density at radius 1 is 1.10 bits per heavy atom. The number of carbonyl (C=O) groups excluding carboxylic acids is 1. The Morgan fingerprint density at radius 3 is 2.58 bits per heavy atom. The van der Waals surface area contributed by atoms with E-state index >= 15 is 0 Å². The molecule has 206 valence electrons. The number of allylic oxidation sites excluding steroid dienone is 1. The van der Waals surface area contributed by atoms with E-state index in [-0.39, 0.29) is 23.0 Å². The Labute approximate surface area is 238 Å². The number of nitrogens with zero attached hydrogens (tertiary/aromatic N) is 1. The number of hydrogen-bond acceptors (Lipinski definition) is 5. The van der Waals surface area contributed by atoms with Gasteiger partial charge in [-0.05, 0) is 84.6 Å². The van der Waals surface area contributed by atoms with Crippen LogP contribution in [0.1, 0.15) is 24.5 Å². The van der Waals surface area contributed by atoms with Gasteiger partial charge in [-0.3, -0.25) is 9.59 Å². The number of nitrogens with one attached hydrogen (secondary N) is 1. The fraction of sp³-hybridized carbons (Fsp3) is 0.200. The zero-order valence-corrected chi connectivity index (χ0v) is 23.2. The minimum absolute atomic E-state index is 0.0617. The highest BCUT2D eigenvalue weighted by molar-refractivity contribution is 8.17. The molecule has 0 bridgehead atoms. The van der Waals surface area contributed by atoms with Crippen molar-refractivity contribution in [3.8, 4) is 17.0 Å². The van der Waals surface area contributed by atoms with Crippen molar-refractivity contribution in [2.75, 3.05) is 6.61 Å². The number of carbonyl (C=O) groups is 1. The number of hydrogen-bond donors (Lipinski definition) is 2. The smallest absolute Gasteiger partial charge is 0.285 e. The Morgan fingerprint density at radius 2 is 1.88 bits per heavy atom. The molecule has 0 radical (unpaired) electrons. The van der Waals surface area contributed by atoms with E-state index in [1.165, 1.54) is 6.07 Å². The van der Waals surface area contributed by atoms with Crippen LogP contribution in [0, 0.1) is 11.6 Å². The molecule has 1 fully saturated rings. The molecular weight excluding hydrogens is 558 g/mol. The van der Waals surface area contributed by atoms with Gasteiger partial charge >= 0.3 is 0 Å². The van der Waals surface area contributed by atoms with Gasteiger partial charge in [0.2, 0.25) is 5.43 Å². The van der Waals surface area contributed by atoms with Gasteiger partial charge in [0.1, 0.15) is 0 Å². The quantitative estimate of drug-likeness (QED) is 0.238. The van der Waals surface area contributed by atoms with Crippen molar-refractivity contribution in [1.82, 2.24) is 9.88 Å². The van der Waals surface area contributed by atoms with Crippen LogP contribution >= 0.6 is 23.4 Å². The highest BCUT2D eigenvalue weighted by atomic mass is 35.5. The molecule has 6 nitrogen and oxygen atoms in total. The van der Waals surface area contributed by atoms with E-state index in [0.29, 0.717) is 44.9 Å². The van der Waals surface area contributed by atoms with Crippen LogP contribution < -0.4 is 15.5 Å². The van der Waals surface area contributed by atoms with Crippen molar-refractivity contribution in [3.63, 3.8) is 0 Å². The van der Waals surface area contributed by atoms with Crippen LogP contribution in [0.4, 0.5) is 13.6 Å². The summed E-state index contributed by atoms with van der Waals surface area (Å²) in [7, 11) is 1.75. The van der Waals surface area contributed by atoms with E-state index in [2.05, 4.69) is 5.32 Å². The number of pyridine rings is 1. The molecule has 1 aliphatic rings. The molecule has 4 aromatic rings. The van der Waals surface area contributed by atoms with Gasteiger partial charge in [-0.25, -0.2) is 8.78 Å². The molecule has 1 atom stereocenters. The van der Waals surface area contributed by atoms with Gasteiger partial charge in [-0.2, -0.15) is 0 Å². The molecule has 5 rings (SSSR count). The van der Waals surface area contributed by atoms with Crippen LogP contribution in [0.25, 0.3) is 27.7 Å². The maximum Gasteiger partial charge on any atom is 0.285 e. The molecule has 1 unspecified atom stereocenters. The van der Waals surface area contributed by atoms with Crippen LogP contribution in [0.5, 0.6) is 5.75 Å². The molecule has 0 aliphatic carbocycles. The number of thioether (sulfide) groups is 1. The first-order valence-electron chi connectivity index (χ1n) is 12.5. The Bertz CT molecular complexity index is 1740. The van der Waals surface area contributed by atoms with Gasteiger partial charge in [0.05, 0.1) is 17.8 Å². The van der Waals surface area contributed by atoms with Crippen LogP contribution in [0.3, 0.4) is 0 Å². The number of rotatable bonds is 7. The topological polar surface area (TPSA) is 80.6 Å². The summed E-state index contributed by atoms with van der Waals surface area (Å²) in [5, 5.41) is 13.2. The predicted octanol–water partition coefficient (Wildman–Crippen LogP) is 6.65. The number of aliphatic hydroxyl groups is 1. The van der Waals surface area contributed by atoms with Gasteiger partial charge in [0.25, 0.3) is 5.24 Å². The van der Waals surface area contributed by atoms with Crippen molar-refractivity contribution in [3.05, 3.63) is 104 Å². The average molecular weight is 583 g/mol. The lowest BCUT2D eigenvalue weighted by atomic mass is 10.0. The maximum atomic E-state index is 14.1. The number of fused-ring (bicyclic) bond motifs is 1. The molecule has 1 aromatic heterocycles. The number of aromatic nitrogens is 1. The van der Waals surface area contributed by atoms with Crippen LogP contribution in [0.2, 0.25) is 5.02 Å². The third-order valence-electron chi connectivity index (χ3n) is 6.86. The standard InChI is InChI=1S/C30H25ClF2N2O4S/c1-16(28-29(37)34-30(38)40-28)18-10-9-17(21(31)14-18)6-5-13-39-27-25(19-11-12-22(32)23(33)15-19)35(2)24-8-4-3-7-20(24)26(27)36/h3-4,7-12,14-15,29,37H,5-6,13H2,1-2H3,(H,34,38)/b28-16+. The average Bonchev–Trinajstić information content (AvgIpc) is 3.28. The largest absolute Gasteiger partial charge is 0.487 e. The predicted molar refractivity (Wildman–Crippen MR) is 155 cm³/mol. The van der Waals surface area contributed by atoms with Crippen LogP contribution in [0.15, 0.2) is 70.4 Å². The summed E-state index contributed by atoms with van der Waals surface area (Å²) in [5.74, 6) is -1.93. The Hall–Kier alpha value is -3.66. The van der Waals surface area contributed by atoms with Gasteiger partial charge < -0.3 is 19.7 Å². The lowest BCUT2D eigenvalue weighted by Crippen LogP contribution is -2.24. The molecule has 0 saturated carbocycles. The summed E-state index contributed by atoms with van der Waals surface area (Å²) in [5.41, 5.74) is 3.40. The number of aryl methyl sites for hydroxylation is 2. The second-order valence-corrected chi connectivity index (χ2v) is 10.8. The van der Waals surface area contributed by atoms with Crippen molar-refractivity contribution < 1.29 is 23.4 Å². The fourth-order valence-corrected chi connectivity index (χ4v) is 5.86. The molecular formula is C30H25ClF2N2O4S. The van der Waals surface area contributed by atoms with Crippen molar-refractivity contribution in [2.45, 2.75) is 26.0 Å². The van der Waals surface area contributed by atoms with E-state index in [4.69, 9.17) is 16.3 Å². The molecule has 0 spiro atoms. The molecule has 1 amide bonds. The normalized spacial score (nSPS) is 16.4. The first-order valence-corrected chi connectivity index (χ1v) is 13.7. The fourth-order valence-electron chi connectivity index (χ4n) is 4.77. The summed E-state index contributed by atoms with van der Waals surface area (Å²) in [6.07, 6.45) is 0.0482. The molecule has 40 heavy (non-hydrogen) atoms. The highest BCUT2D eigenvalue weighted by Gasteiger charge is 2.28. The molecule has 1 aliphatic heterocycles. The number of amides is 1. The molecule has 3 aromatic carbocycles. The summed E-state index contributed by atoms with van der Waals surface area (Å²) in [6.45, 7) is 2.00. The van der Waals surface area contributed by atoms with Crippen LogP contribution in [-0.4, -0.2) is 27.7 Å². The molecule has 2 N–H and O–H groups in total. The minimum atomic E-state index is -1.03. The summed E-state index contributed by atoms with van der Waals surface area (Å²) < 4.78 is 35.5. The van der Waals surface area contributed by atoms with E-state index in [0.717, 1.165) is 40.6 Å². The molecule has 2 heterocycles.